The van der Waals surface area contributed by atoms with Crippen molar-refractivity contribution in [2.24, 2.45) is 5.73 Å². The fraction of sp³-hybridized carbons (Fsp3) is 0.560. The second-order valence-corrected chi connectivity index (χ2v) is 9.49. The van der Waals surface area contributed by atoms with Crippen molar-refractivity contribution in [3.8, 4) is 11.3 Å². The molecule has 2 aliphatic rings. The molecule has 2 fully saturated rings. The van der Waals surface area contributed by atoms with Crippen LogP contribution in [0.1, 0.15) is 79.9 Å². The molecular formula is C25H32F3N5O2. The van der Waals surface area contributed by atoms with Crippen LogP contribution in [-0.4, -0.2) is 40.2 Å². The van der Waals surface area contributed by atoms with Gasteiger partial charge in [-0.05, 0) is 57.2 Å². The molecule has 35 heavy (non-hydrogen) atoms. The van der Waals surface area contributed by atoms with Crippen LogP contribution in [0.3, 0.4) is 0 Å². The summed E-state index contributed by atoms with van der Waals surface area (Å²) in [5, 5.41) is 10.2. The molecule has 4 N–H and O–H groups in total. The highest BCUT2D eigenvalue weighted by Crippen LogP contribution is 2.40. The third kappa shape index (κ3) is 6.04. The molecule has 1 aromatic carbocycles. The van der Waals surface area contributed by atoms with Gasteiger partial charge in [0, 0.05) is 24.1 Å². The largest absolute Gasteiger partial charge is 0.417 e. The van der Waals surface area contributed by atoms with Crippen LogP contribution in [0.25, 0.3) is 11.3 Å². The van der Waals surface area contributed by atoms with E-state index in [9.17, 15) is 22.8 Å². The highest BCUT2D eigenvalue weighted by molar-refractivity contribution is 5.94. The lowest BCUT2D eigenvalue weighted by atomic mass is 9.93. The van der Waals surface area contributed by atoms with Crippen LogP contribution in [0.15, 0.2) is 30.3 Å². The summed E-state index contributed by atoms with van der Waals surface area (Å²) in [6.45, 7) is 0.280. The fourth-order valence-corrected chi connectivity index (χ4v) is 4.84. The zero-order valence-electron chi connectivity index (χ0n) is 19.6. The van der Waals surface area contributed by atoms with Gasteiger partial charge in [0.05, 0.1) is 17.3 Å². The number of rotatable bonds is 9. The summed E-state index contributed by atoms with van der Waals surface area (Å²) < 4.78 is 42.8. The topological polar surface area (TPSA) is 102 Å². The lowest BCUT2D eigenvalue weighted by Gasteiger charge is -2.27. The van der Waals surface area contributed by atoms with Gasteiger partial charge in [-0.25, -0.2) is 0 Å². The number of nitrogens with two attached hydrogens (primary N) is 1. The van der Waals surface area contributed by atoms with Gasteiger partial charge >= 0.3 is 6.18 Å². The SMILES string of the molecule is NCC[C@@H](CC(=O)NC1CCC1)NC(=O)c1cc(-c2ccccc2C(F)(F)F)n(C2CCCC2)n1. The van der Waals surface area contributed by atoms with Gasteiger partial charge in [0.15, 0.2) is 5.69 Å². The first-order valence-electron chi connectivity index (χ1n) is 12.3. The van der Waals surface area contributed by atoms with Crippen LogP contribution >= 0.6 is 0 Å². The average Bonchev–Trinajstić information content (AvgIpc) is 3.46. The van der Waals surface area contributed by atoms with Gasteiger partial charge in [-0.15, -0.1) is 0 Å². The third-order valence-electron chi connectivity index (χ3n) is 6.90. The Bertz CT molecular complexity index is 1040. The number of benzene rings is 1. The molecular weight excluding hydrogens is 459 g/mol. The molecule has 10 heteroatoms. The summed E-state index contributed by atoms with van der Waals surface area (Å²) in [4.78, 5) is 25.5. The van der Waals surface area contributed by atoms with Gasteiger partial charge in [0.2, 0.25) is 5.91 Å². The number of hydrogen-bond acceptors (Lipinski definition) is 4. The molecule has 7 nitrogen and oxygen atoms in total. The van der Waals surface area contributed by atoms with E-state index in [-0.39, 0.29) is 47.9 Å². The van der Waals surface area contributed by atoms with E-state index in [4.69, 9.17) is 5.73 Å². The van der Waals surface area contributed by atoms with Crippen LogP contribution in [0, 0.1) is 0 Å². The summed E-state index contributed by atoms with van der Waals surface area (Å²) >= 11 is 0. The monoisotopic (exact) mass is 491 g/mol. The lowest BCUT2D eigenvalue weighted by Crippen LogP contribution is -2.44. The van der Waals surface area contributed by atoms with Crippen LogP contribution in [0.2, 0.25) is 0 Å². The number of hydrogen-bond donors (Lipinski definition) is 3. The van der Waals surface area contributed by atoms with E-state index in [1.807, 2.05) is 0 Å². The standard InChI is InChI=1S/C25H32F3N5O2/c26-25(27,28)20-11-4-3-10-19(20)22-15-21(32-33(22)18-8-1-2-9-18)24(35)31-17(12-13-29)14-23(34)30-16-6-5-7-16/h3-4,10-11,15-18H,1-2,5-9,12-14,29H2,(H,30,34)(H,31,35)/t17-/m0/s1. The molecule has 1 heterocycles. The average molecular weight is 492 g/mol. The normalized spacial score (nSPS) is 17.7. The van der Waals surface area contributed by atoms with Crippen LogP contribution < -0.4 is 16.4 Å². The van der Waals surface area contributed by atoms with Crippen molar-refractivity contribution in [3.63, 3.8) is 0 Å². The molecule has 0 unspecified atom stereocenters. The number of alkyl halides is 3. The van der Waals surface area contributed by atoms with Gasteiger partial charge in [-0.3, -0.25) is 14.3 Å². The minimum absolute atomic E-state index is 0.00293. The van der Waals surface area contributed by atoms with E-state index in [2.05, 4.69) is 15.7 Å². The molecule has 1 atom stereocenters. The maximum absolute atomic E-state index is 13.7. The molecule has 190 valence electrons. The van der Waals surface area contributed by atoms with Crippen molar-refractivity contribution in [2.75, 3.05) is 6.54 Å². The number of nitrogens with one attached hydrogen (secondary N) is 2. The Kier molecular flexibility index (Phi) is 7.78. The van der Waals surface area contributed by atoms with Crippen molar-refractivity contribution in [2.45, 2.75) is 82.1 Å². The number of carbonyl (C=O) groups excluding carboxylic acids is 2. The Morgan fingerprint density at radius 3 is 2.46 bits per heavy atom. The van der Waals surface area contributed by atoms with E-state index in [0.29, 0.717) is 6.42 Å². The second-order valence-electron chi connectivity index (χ2n) is 9.49. The summed E-state index contributed by atoms with van der Waals surface area (Å²) in [7, 11) is 0. The molecule has 2 aromatic rings. The van der Waals surface area contributed by atoms with E-state index >= 15 is 0 Å². The lowest BCUT2D eigenvalue weighted by molar-refractivity contribution is -0.137. The number of nitrogens with zero attached hydrogens (tertiary/aromatic N) is 2. The zero-order chi connectivity index (χ0) is 25.0. The second kappa shape index (κ2) is 10.8. The summed E-state index contributed by atoms with van der Waals surface area (Å²) in [5.41, 5.74) is 5.23. The van der Waals surface area contributed by atoms with E-state index in [0.717, 1.165) is 51.0 Å². The first kappa shape index (κ1) is 25.2. The predicted molar refractivity (Wildman–Crippen MR) is 125 cm³/mol. The van der Waals surface area contributed by atoms with E-state index in [1.54, 1.807) is 10.7 Å². The summed E-state index contributed by atoms with van der Waals surface area (Å²) in [6, 6.07) is 6.41. The molecule has 0 radical (unpaired) electrons. The van der Waals surface area contributed by atoms with Crippen LogP contribution in [0.4, 0.5) is 13.2 Å². The van der Waals surface area contributed by atoms with Gasteiger partial charge in [-0.2, -0.15) is 18.3 Å². The summed E-state index contributed by atoms with van der Waals surface area (Å²) in [5.74, 6) is -0.674. The Morgan fingerprint density at radius 1 is 1.11 bits per heavy atom. The molecule has 0 saturated heterocycles. The number of carbonyl (C=O) groups is 2. The van der Waals surface area contributed by atoms with Gasteiger partial charge in [0.1, 0.15) is 0 Å². The van der Waals surface area contributed by atoms with Crippen molar-refractivity contribution in [1.29, 1.82) is 0 Å². The quantitative estimate of drug-likeness (QED) is 0.490. The van der Waals surface area contributed by atoms with Crippen molar-refractivity contribution >= 4 is 11.8 Å². The molecule has 0 aliphatic heterocycles. The predicted octanol–water partition coefficient (Wildman–Crippen LogP) is 4.19. The Balaban J connectivity index is 1.58. The molecule has 0 spiro atoms. The van der Waals surface area contributed by atoms with Gasteiger partial charge in [0.25, 0.3) is 5.91 Å². The van der Waals surface area contributed by atoms with E-state index in [1.165, 1.54) is 18.2 Å². The maximum Gasteiger partial charge on any atom is 0.417 e. The van der Waals surface area contributed by atoms with E-state index < -0.39 is 23.7 Å². The van der Waals surface area contributed by atoms with Gasteiger partial charge in [-0.1, -0.05) is 31.0 Å². The molecule has 1 aromatic heterocycles. The van der Waals surface area contributed by atoms with Crippen LogP contribution in [-0.2, 0) is 11.0 Å². The smallest absolute Gasteiger partial charge is 0.353 e. The highest BCUT2D eigenvalue weighted by Gasteiger charge is 2.35. The van der Waals surface area contributed by atoms with Crippen molar-refractivity contribution in [1.82, 2.24) is 20.4 Å². The molecule has 2 saturated carbocycles. The molecule has 4 rings (SSSR count). The Morgan fingerprint density at radius 2 is 1.83 bits per heavy atom. The minimum Gasteiger partial charge on any atom is -0.353 e. The van der Waals surface area contributed by atoms with Gasteiger partial charge < -0.3 is 16.4 Å². The minimum atomic E-state index is -4.54. The Hall–Kier alpha value is -2.88. The highest BCUT2D eigenvalue weighted by atomic mass is 19.4. The molecule has 2 aliphatic carbocycles. The van der Waals surface area contributed by atoms with Crippen molar-refractivity contribution < 1.29 is 22.8 Å². The number of halogens is 3. The number of amides is 2. The number of aromatic nitrogens is 2. The first-order valence-corrected chi connectivity index (χ1v) is 12.3. The third-order valence-corrected chi connectivity index (χ3v) is 6.90. The molecule has 0 bridgehead atoms. The van der Waals surface area contributed by atoms with Crippen molar-refractivity contribution in [3.05, 3.63) is 41.6 Å². The van der Waals surface area contributed by atoms with Crippen LogP contribution in [0.5, 0.6) is 0 Å². The maximum atomic E-state index is 13.7. The fourth-order valence-electron chi connectivity index (χ4n) is 4.84. The summed E-state index contributed by atoms with van der Waals surface area (Å²) in [6.07, 6.45) is 2.47. The zero-order valence-corrected chi connectivity index (χ0v) is 19.6. The first-order chi connectivity index (χ1) is 16.8. The molecule has 2 amide bonds. The Labute approximate surface area is 202 Å².